The maximum absolute atomic E-state index is 13.3. The summed E-state index contributed by atoms with van der Waals surface area (Å²) in [5, 5.41) is 2.72. The second-order valence-corrected chi connectivity index (χ2v) is 13.1. The third kappa shape index (κ3) is 7.86. The molecular weight excluding hydrogens is 552 g/mol. The molecule has 0 radical (unpaired) electrons. The van der Waals surface area contributed by atoms with Gasteiger partial charge in [-0.25, -0.2) is 8.42 Å². The molecule has 0 unspecified atom stereocenters. The molecule has 2 aromatic carbocycles. The van der Waals surface area contributed by atoms with Crippen molar-refractivity contribution in [3.8, 4) is 0 Å². The smallest absolute Gasteiger partial charge is 0.326 e. The van der Waals surface area contributed by atoms with Crippen LogP contribution >= 0.6 is 11.3 Å². The standard InChI is InChI=1S/C28H36N4O6S2/c1-7-38-26(34)17-32-24-13-10-22(29-20(6)33)14-25(24)39-28(32)30-27(35)21-8-11-23(12-9-21)40(36,37)31(15-18(2)3)16-19(4)5/h8-14,18-19H,7,15-17H2,1-6H3,(H,29,33). The van der Waals surface area contributed by atoms with Crippen LogP contribution in [0.5, 0.6) is 0 Å². The molecule has 0 spiro atoms. The number of carbonyl (C=O) groups excluding carboxylic acids is 3. The lowest BCUT2D eigenvalue weighted by Gasteiger charge is -2.25. The minimum Gasteiger partial charge on any atom is -0.465 e. The molecule has 216 valence electrons. The Morgan fingerprint density at radius 2 is 1.65 bits per heavy atom. The number of rotatable bonds is 11. The first-order valence-corrected chi connectivity index (χ1v) is 15.3. The van der Waals surface area contributed by atoms with Crippen LogP contribution in [0.4, 0.5) is 5.69 Å². The maximum atomic E-state index is 13.3. The Kier molecular flexibility index (Phi) is 10.4. The van der Waals surface area contributed by atoms with Gasteiger partial charge in [-0.05, 0) is 61.2 Å². The van der Waals surface area contributed by atoms with Gasteiger partial charge in [0.2, 0.25) is 15.9 Å². The van der Waals surface area contributed by atoms with Crippen molar-refractivity contribution in [3.05, 3.63) is 52.8 Å². The molecule has 0 aliphatic carbocycles. The highest BCUT2D eigenvalue weighted by Gasteiger charge is 2.26. The van der Waals surface area contributed by atoms with E-state index in [0.717, 1.165) is 0 Å². The molecule has 0 bridgehead atoms. The topological polar surface area (TPSA) is 127 Å². The molecule has 40 heavy (non-hydrogen) atoms. The number of anilines is 1. The van der Waals surface area contributed by atoms with E-state index in [9.17, 15) is 22.8 Å². The largest absolute Gasteiger partial charge is 0.465 e. The summed E-state index contributed by atoms with van der Waals surface area (Å²) in [5.41, 5.74) is 1.43. The van der Waals surface area contributed by atoms with E-state index in [1.807, 2.05) is 27.7 Å². The number of aromatic nitrogens is 1. The molecule has 12 heteroatoms. The average molecular weight is 589 g/mol. The van der Waals surface area contributed by atoms with E-state index in [0.29, 0.717) is 29.0 Å². The highest BCUT2D eigenvalue weighted by molar-refractivity contribution is 7.89. The van der Waals surface area contributed by atoms with Gasteiger partial charge in [0, 0.05) is 31.3 Å². The number of hydrogen-bond acceptors (Lipinski definition) is 7. The quantitative estimate of drug-likeness (QED) is 0.334. The zero-order chi connectivity index (χ0) is 29.6. The Morgan fingerprint density at radius 1 is 1.02 bits per heavy atom. The van der Waals surface area contributed by atoms with Crippen molar-refractivity contribution in [2.45, 2.75) is 53.0 Å². The van der Waals surface area contributed by atoms with Crippen molar-refractivity contribution >= 4 is 55.0 Å². The summed E-state index contributed by atoms with van der Waals surface area (Å²) in [7, 11) is -3.74. The van der Waals surface area contributed by atoms with E-state index in [1.165, 1.54) is 46.8 Å². The lowest BCUT2D eigenvalue weighted by molar-refractivity contribution is -0.143. The van der Waals surface area contributed by atoms with E-state index < -0.39 is 21.9 Å². The van der Waals surface area contributed by atoms with Crippen molar-refractivity contribution in [2.24, 2.45) is 16.8 Å². The van der Waals surface area contributed by atoms with Crippen LogP contribution in [0.25, 0.3) is 10.2 Å². The molecule has 0 fully saturated rings. The highest BCUT2D eigenvalue weighted by Crippen LogP contribution is 2.23. The number of amides is 2. The first-order chi connectivity index (χ1) is 18.8. The number of thiazole rings is 1. The molecule has 3 rings (SSSR count). The van der Waals surface area contributed by atoms with Gasteiger partial charge >= 0.3 is 5.97 Å². The van der Waals surface area contributed by atoms with E-state index in [1.54, 1.807) is 29.7 Å². The van der Waals surface area contributed by atoms with Gasteiger partial charge in [0.1, 0.15) is 6.54 Å². The van der Waals surface area contributed by atoms with E-state index in [2.05, 4.69) is 10.3 Å². The van der Waals surface area contributed by atoms with Gasteiger partial charge in [-0.1, -0.05) is 39.0 Å². The van der Waals surface area contributed by atoms with Gasteiger partial charge in [-0.3, -0.25) is 14.4 Å². The summed E-state index contributed by atoms with van der Waals surface area (Å²) in [4.78, 5) is 41.6. The molecule has 0 saturated heterocycles. The molecular formula is C28H36N4O6S2. The molecule has 0 atom stereocenters. The van der Waals surface area contributed by atoms with Gasteiger partial charge in [0.15, 0.2) is 4.80 Å². The number of hydrogen-bond donors (Lipinski definition) is 1. The van der Waals surface area contributed by atoms with E-state index in [4.69, 9.17) is 4.74 Å². The first-order valence-electron chi connectivity index (χ1n) is 13.1. The lowest BCUT2D eigenvalue weighted by Crippen LogP contribution is -2.37. The molecule has 1 N–H and O–H groups in total. The van der Waals surface area contributed by atoms with Crippen LogP contribution in [0, 0.1) is 11.8 Å². The number of fused-ring (bicyclic) bond motifs is 1. The van der Waals surface area contributed by atoms with Gasteiger partial charge < -0.3 is 14.6 Å². The van der Waals surface area contributed by atoms with Gasteiger partial charge in [0.25, 0.3) is 5.91 Å². The van der Waals surface area contributed by atoms with Crippen LogP contribution in [-0.2, 0) is 30.9 Å². The van der Waals surface area contributed by atoms with Crippen LogP contribution < -0.4 is 10.1 Å². The first kappa shape index (κ1) is 31.2. The molecule has 10 nitrogen and oxygen atoms in total. The third-order valence-corrected chi connectivity index (χ3v) is 8.56. The monoisotopic (exact) mass is 588 g/mol. The number of ether oxygens (including phenoxy) is 1. The van der Waals surface area contributed by atoms with Crippen LogP contribution in [-0.4, -0.2) is 54.8 Å². The predicted octanol–water partition coefficient (Wildman–Crippen LogP) is 4.27. The SMILES string of the molecule is CCOC(=O)Cn1c(=NC(=O)c2ccc(S(=O)(=O)N(CC(C)C)CC(C)C)cc2)sc2cc(NC(C)=O)ccc21. The van der Waals surface area contributed by atoms with Crippen molar-refractivity contribution in [1.29, 1.82) is 0 Å². The molecule has 3 aromatic rings. The molecule has 1 aromatic heterocycles. The normalized spacial score (nSPS) is 12.5. The van der Waals surface area contributed by atoms with Crippen molar-refractivity contribution in [3.63, 3.8) is 0 Å². The van der Waals surface area contributed by atoms with E-state index in [-0.39, 0.29) is 46.2 Å². The third-order valence-electron chi connectivity index (χ3n) is 5.67. The molecule has 1 heterocycles. The average Bonchev–Trinajstić information content (AvgIpc) is 3.18. The Balaban J connectivity index is 1.99. The highest BCUT2D eigenvalue weighted by atomic mass is 32.2. The minimum atomic E-state index is -3.74. The maximum Gasteiger partial charge on any atom is 0.326 e. The van der Waals surface area contributed by atoms with Crippen LogP contribution in [0.1, 0.15) is 51.9 Å². The molecule has 0 saturated carbocycles. The van der Waals surface area contributed by atoms with Crippen molar-refractivity contribution in [1.82, 2.24) is 8.87 Å². The van der Waals surface area contributed by atoms with Gasteiger partial charge in [-0.2, -0.15) is 9.30 Å². The van der Waals surface area contributed by atoms with Crippen molar-refractivity contribution in [2.75, 3.05) is 25.0 Å². The number of nitrogens with zero attached hydrogens (tertiary/aromatic N) is 3. The summed E-state index contributed by atoms with van der Waals surface area (Å²) >= 11 is 1.18. The summed E-state index contributed by atoms with van der Waals surface area (Å²) in [6.07, 6.45) is 0. The number of carbonyl (C=O) groups is 3. The van der Waals surface area contributed by atoms with Crippen LogP contribution in [0.2, 0.25) is 0 Å². The summed E-state index contributed by atoms with van der Waals surface area (Å²) in [5.74, 6) is -0.979. The number of esters is 1. The number of sulfonamides is 1. The zero-order valence-corrected chi connectivity index (χ0v) is 25.3. The number of nitrogens with one attached hydrogen (secondary N) is 1. The Bertz CT molecular complexity index is 1540. The van der Waals surface area contributed by atoms with Crippen LogP contribution in [0.15, 0.2) is 52.4 Å². The van der Waals surface area contributed by atoms with Crippen LogP contribution in [0.3, 0.4) is 0 Å². The van der Waals surface area contributed by atoms with Gasteiger partial charge in [0.05, 0.1) is 21.7 Å². The Morgan fingerprint density at radius 3 is 2.20 bits per heavy atom. The van der Waals surface area contributed by atoms with Crippen molar-refractivity contribution < 1.29 is 27.5 Å². The summed E-state index contributed by atoms with van der Waals surface area (Å²) in [6, 6.07) is 10.9. The fraction of sp³-hybridized carbons (Fsp3) is 0.429. The van der Waals surface area contributed by atoms with E-state index >= 15 is 0 Å². The second-order valence-electron chi connectivity index (χ2n) is 10.2. The Hall–Kier alpha value is -3.35. The van der Waals surface area contributed by atoms with Gasteiger partial charge in [-0.15, -0.1) is 0 Å². The number of benzene rings is 2. The molecule has 0 aliphatic rings. The zero-order valence-electron chi connectivity index (χ0n) is 23.6. The Labute approximate surface area is 238 Å². The molecule has 0 aliphatic heterocycles. The lowest BCUT2D eigenvalue weighted by atomic mass is 10.2. The predicted molar refractivity (Wildman–Crippen MR) is 156 cm³/mol. The molecule has 2 amide bonds. The minimum absolute atomic E-state index is 0.107. The second kappa shape index (κ2) is 13.3. The fourth-order valence-corrected chi connectivity index (χ4v) is 6.92. The summed E-state index contributed by atoms with van der Waals surface area (Å²) < 4.78 is 35.5. The summed E-state index contributed by atoms with van der Waals surface area (Å²) in [6.45, 7) is 11.8. The fourth-order valence-electron chi connectivity index (χ4n) is 4.08.